The van der Waals surface area contributed by atoms with Gasteiger partial charge in [0, 0.05) is 18.3 Å². The topological polar surface area (TPSA) is 156 Å². The van der Waals surface area contributed by atoms with Crippen LogP contribution in [0.1, 0.15) is 35.2 Å². The Bertz CT molecular complexity index is 1290. The summed E-state index contributed by atoms with van der Waals surface area (Å²) in [6.07, 6.45) is -0.355. The molecule has 0 amide bonds. The van der Waals surface area contributed by atoms with Gasteiger partial charge < -0.3 is 40.4 Å². The summed E-state index contributed by atoms with van der Waals surface area (Å²) >= 11 is 0. The van der Waals surface area contributed by atoms with Gasteiger partial charge in [-0.3, -0.25) is 4.79 Å². The Balaban J connectivity index is 1.64. The molecule has 3 aromatic rings. The average molecular weight is 459 g/mol. The lowest BCUT2D eigenvalue weighted by molar-refractivity contribution is -0.0425. The number of aromatic nitrogens is 1. The molecule has 1 atom stereocenters. The molecule has 10 nitrogen and oxygen atoms in total. The van der Waals surface area contributed by atoms with E-state index in [0.29, 0.717) is 11.3 Å². The number of nitrogen functional groups attached to an aromatic ring is 1. The van der Waals surface area contributed by atoms with Crippen molar-refractivity contribution in [2.24, 2.45) is 0 Å². The normalized spacial score (nSPS) is 14.9. The highest BCUT2D eigenvalue weighted by molar-refractivity contribution is 6.03. The molecule has 2 aromatic carbocycles. The van der Waals surface area contributed by atoms with E-state index in [1.165, 1.54) is 18.3 Å². The lowest BCUT2D eigenvalue weighted by Crippen LogP contribution is -2.28. The van der Waals surface area contributed by atoms with E-state index < -0.39 is 34.8 Å². The summed E-state index contributed by atoms with van der Waals surface area (Å²) in [5, 5.41) is 30.3. The van der Waals surface area contributed by atoms with Crippen LogP contribution in [0.2, 0.25) is 0 Å². The molecule has 1 aromatic heterocycles. The zero-order valence-electron chi connectivity index (χ0n) is 17.5. The van der Waals surface area contributed by atoms with E-state index >= 15 is 4.39 Å². The maximum Gasteiger partial charge on any atom is 0.341 e. The molecule has 0 aliphatic carbocycles. The van der Waals surface area contributed by atoms with E-state index in [-0.39, 0.29) is 48.1 Å². The number of carboxylic acid groups (broad SMARTS) is 1. The molecule has 1 aliphatic heterocycles. The fourth-order valence-electron chi connectivity index (χ4n) is 3.74. The molecule has 4 rings (SSSR count). The predicted octanol–water partition coefficient (Wildman–Crippen LogP) is 1.85. The molecule has 0 fully saturated rings. The first-order valence-corrected chi connectivity index (χ1v) is 10.1. The van der Waals surface area contributed by atoms with Crippen LogP contribution in [0, 0.1) is 5.82 Å². The number of nitrogens with one attached hydrogen (secondary N) is 1. The van der Waals surface area contributed by atoms with E-state index in [0.717, 1.165) is 0 Å². The van der Waals surface area contributed by atoms with Gasteiger partial charge in [-0.15, -0.1) is 0 Å². The number of ether oxygens (including phenoxy) is 2. The Labute approximate surface area is 186 Å². The number of hydrogen-bond donors (Lipinski definition) is 5. The van der Waals surface area contributed by atoms with Gasteiger partial charge in [-0.25, -0.2) is 9.18 Å². The van der Waals surface area contributed by atoms with Crippen molar-refractivity contribution in [1.82, 2.24) is 4.57 Å². The molecule has 0 radical (unpaired) electrons. The number of pyridine rings is 1. The zero-order chi connectivity index (χ0) is 23.9. The molecule has 1 aliphatic rings. The quantitative estimate of drug-likeness (QED) is 0.202. The van der Waals surface area contributed by atoms with Gasteiger partial charge in [-0.1, -0.05) is 12.1 Å². The Morgan fingerprint density at radius 1 is 1.36 bits per heavy atom. The lowest BCUT2D eigenvalue weighted by Gasteiger charge is -2.29. The fraction of sp³-hybridized carbons (Fsp3) is 0.273. The average Bonchev–Trinajstić information content (AvgIpc) is 2.78. The van der Waals surface area contributed by atoms with Crippen molar-refractivity contribution in [1.29, 1.82) is 0 Å². The summed E-state index contributed by atoms with van der Waals surface area (Å²) < 4.78 is 28.0. The summed E-state index contributed by atoms with van der Waals surface area (Å²) in [5.41, 5.74) is 4.59. The van der Waals surface area contributed by atoms with Crippen LogP contribution >= 0.6 is 0 Å². The van der Waals surface area contributed by atoms with E-state index in [9.17, 15) is 14.7 Å². The van der Waals surface area contributed by atoms with Gasteiger partial charge in [0.1, 0.15) is 30.2 Å². The first-order chi connectivity index (χ1) is 15.7. The number of carbonyl (C=O) groups is 1. The summed E-state index contributed by atoms with van der Waals surface area (Å²) in [4.78, 5) is 24.2. The van der Waals surface area contributed by atoms with Crippen molar-refractivity contribution in [3.8, 4) is 11.5 Å². The van der Waals surface area contributed by atoms with Crippen LogP contribution in [0.3, 0.4) is 0 Å². The summed E-state index contributed by atoms with van der Waals surface area (Å²) in [6, 6.07) is 5.83. The van der Waals surface area contributed by atoms with Crippen LogP contribution in [-0.4, -0.2) is 45.6 Å². The zero-order valence-corrected chi connectivity index (χ0v) is 17.5. The second-order valence-electron chi connectivity index (χ2n) is 7.62. The number of carboxylic acids is 1. The SMILES string of the molecule is C[C@H]1COc2c(NCCOc3ccc(C(O)O)cc3)c(F)c(N)c3c(=O)c(C(=O)O)cn1c23. The van der Waals surface area contributed by atoms with Crippen molar-refractivity contribution in [2.75, 3.05) is 30.8 Å². The number of aliphatic hydroxyl groups excluding tert-OH is 1. The van der Waals surface area contributed by atoms with Crippen LogP contribution in [0.5, 0.6) is 11.5 Å². The number of aromatic carboxylic acids is 1. The number of anilines is 2. The summed E-state index contributed by atoms with van der Waals surface area (Å²) in [7, 11) is 0. The minimum Gasteiger partial charge on any atom is -0.492 e. The smallest absolute Gasteiger partial charge is 0.341 e. The van der Waals surface area contributed by atoms with Crippen LogP contribution in [0.4, 0.5) is 15.8 Å². The lowest BCUT2D eigenvalue weighted by atomic mass is 10.0. The van der Waals surface area contributed by atoms with Gasteiger partial charge >= 0.3 is 5.97 Å². The second kappa shape index (κ2) is 8.60. The molecule has 0 spiro atoms. The van der Waals surface area contributed by atoms with Crippen molar-refractivity contribution in [2.45, 2.75) is 19.3 Å². The van der Waals surface area contributed by atoms with E-state index in [4.69, 9.17) is 25.4 Å². The number of benzene rings is 2. The minimum absolute atomic E-state index is 0.0505. The molecule has 0 saturated heterocycles. The minimum atomic E-state index is -1.58. The maximum atomic E-state index is 15.2. The molecule has 174 valence electrons. The highest BCUT2D eigenvalue weighted by Gasteiger charge is 2.30. The second-order valence-corrected chi connectivity index (χ2v) is 7.62. The van der Waals surface area contributed by atoms with Gasteiger partial charge in [0.15, 0.2) is 17.9 Å². The fourth-order valence-corrected chi connectivity index (χ4v) is 3.74. The van der Waals surface area contributed by atoms with Crippen molar-refractivity contribution < 1.29 is 34.0 Å². The van der Waals surface area contributed by atoms with E-state index in [2.05, 4.69) is 5.32 Å². The molecule has 0 unspecified atom stereocenters. The molecule has 6 N–H and O–H groups in total. The van der Waals surface area contributed by atoms with E-state index in [1.807, 2.05) is 0 Å². The number of halogens is 1. The van der Waals surface area contributed by atoms with Crippen molar-refractivity contribution >= 4 is 28.2 Å². The van der Waals surface area contributed by atoms with Crippen LogP contribution < -0.4 is 26.0 Å². The first kappa shape index (κ1) is 22.4. The third-order valence-corrected chi connectivity index (χ3v) is 5.43. The predicted molar refractivity (Wildman–Crippen MR) is 117 cm³/mol. The molecule has 0 saturated carbocycles. The van der Waals surface area contributed by atoms with Gasteiger partial charge in [0.2, 0.25) is 5.43 Å². The van der Waals surface area contributed by atoms with E-state index in [1.54, 1.807) is 23.6 Å². The van der Waals surface area contributed by atoms with Crippen LogP contribution in [-0.2, 0) is 0 Å². The first-order valence-electron chi connectivity index (χ1n) is 10.1. The Morgan fingerprint density at radius 3 is 2.70 bits per heavy atom. The third kappa shape index (κ3) is 3.92. The maximum absolute atomic E-state index is 15.2. The number of aliphatic hydroxyl groups is 2. The largest absolute Gasteiger partial charge is 0.492 e. The summed E-state index contributed by atoms with van der Waals surface area (Å²) in [5.74, 6) is -1.79. The van der Waals surface area contributed by atoms with Gasteiger partial charge in [-0.2, -0.15) is 0 Å². The Hall–Kier alpha value is -3.83. The number of nitrogens with two attached hydrogens (primary N) is 1. The Kier molecular flexibility index (Phi) is 5.83. The standard InChI is InChI=1S/C22H22FN3O7/c1-10-9-33-20-17(25-6-7-32-12-4-2-11(3-5-12)21(28)29)15(23)16(24)14-18(20)26(10)8-13(19(14)27)22(30)31/h2-5,8,10,21,25,28-29H,6-7,9,24H2,1H3,(H,30,31)/t10-/m0/s1. The van der Waals surface area contributed by atoms with Crippen LogP contribution in [0.25, 0.3) is 10.9 Å². The highest BCUT2D eigenvalue weighted by atomic mass is 19.1. The molecule has 33 heavy (non-hydrogen) atoms. The third-order valence-electron chi connectivity index (χ3n) is 5.43. The Morgan fingerprint density at radius 2 is 2.06 bits per heavy atom. The molecular weight excluding hydrogens is 437 g/mol. The number of rotatable bonds is 7. The highest BCUT2D eigenvalue weighted by Crippen LogP contribution is 2.43. The van der Waals surface area contributed by atoms with Crippen molar-refractivity contribution in [3.63, 3.8) is 0 Å². The van der Waals surface area contributed by atoms with Crippen molar-refractivity contribution in [3.05, 3.63) is 57.6 Å². The summed E-state index contributed by atoms with van der Waals surface area (Å²) in [6.45, 7) is 2.19. The molecule has 0 bridgehead atoms. The molecular formula is C22H22FN3O7. The number of nitrogens with zero attached hydrogens (tertiary/aromatic N) is 1. The van der Waals surface area contributed by atoms with Crippen LogP contribution in [0.15, 0.2) is 35.3 Å². The molecule has 2 heterocycles. The van der Waals surface area contributed by atoms with Gasteiger partial charge in [0.05, 0.1) is 22.6 Å². The number of hydrogen-bond acceptors (Lipinski definition) is 8. The monoisotopic (exact) mass is 459 g/mol. The molecule has 11 heteroatoms. The van der Waals surface area contributed by atoms with Gasteiger partial charge in [-0.05, 0) is 19.1 Å². The van der Waals surface area contributed by atoms with Gasteiger partial charge in [0.25, 0.3) is 0 Å².